The molecular weight excluding hydrogens is 390 g/mol. The van der Waals surface area contributed by atoms with E-state index in [-0.39, 0.29) is 17.9 Å². The minimum atomic E-state index is -0.0143. The Kier molecular flexibility index (Phi) is 5.30. The molecule has 128 valence electrons. The molecule has 6 heteroatoms. The van der Waals surface area contributed by atoms with Crippen LogP contribution in [0.2, 0.25) is 5.02 Å². The van der Waals surface area contributed by atoms with Gasteiger partial charge in [0.1, 0.15) is 0 Å². The number of aromatic nitrogens is 2. The molecule has 1 atom stereocenters. The molecule has 3 rings (SSSR count). The Morgan fingerprint density at radius 1 is 1.46 bits per heavy atom. The monoisotopic (exact) mass is 409 g/mol. The van der Waals surface area contributed by atoms with E-state index in [1.807, 2.05) is 29.2 Å². The van der Waals surface area contributed by atoms with Crippen molar-refractivity contribution in [3.8, 4) is 0 Å². The maximum atomic E-state index is 13.0. The molecule has 4 nitrogen and oxygen atoms in total. The Hall–Kier alpha value is -1.33. The van der Waals surface area contributed by atoms with Gasteiger partial charge in [0.05, 0.1) is 10.2 Å². The standard InChI is InChI=1S/C18H21BrClN3O/c1-11(2)16-15(19)17(22-21-16)18(24)23-9-5-7-13(23)10-12-6-3-4-8-14(12)20/h3-4,6,8,11,13H,5,7,9-10H2,1-2H3,(H,21,22). The van der Waals surface area contributed by atoms with E-state index >= 15 is 0 Å². The minimum Gasteiger partial charge on any atom is -0.334 e. The molecule has 1 amide bonds. The van der Waals surface area contributed by atoms with E-state index in [0.29, 0.717) is 5.69 Å². The number of nitrogens with one attached hydrogen (secondary N) is 1. The second kappa shape index (κ2) is 7.28. The molecule has 1 aromatic heterocycles. The Bertz CT molecular complexity index is 744. The third-order valence-electron chi connectivity index (χ3n) is 4.56. The molecule has 0 spiro atoms. The van der Waals surface area contributed by atoms with Crippen LogP contribution < -0.4 is 0 Å². The SMILES string of the molecule is CC(C)c1[nH]nc(C(=O)N2CCCC2Cc2ccccc2Cl)c1Br. The van der Waals surface area contributed by atoms with Crippen molar-refractivity contribution in [1.82, 2.24) is 15.1 Å². The van der Waals surface area contributed by atoms with Crippen LogP contribution in [0.25, 0.3) is 0 Å². The molecule has 1 aromatic carbocycles. The molecule has 0 saturated carbocycles. The molecular formula is C18H21BrClN3O. The third-order valence-corrected chi connectivity index (χ3v) is 5.74. The molecule has 24 heavy (non-hydrogen) atoms. The number of rotatable bonds is 4. The molecule has 1 saturated heterocycles. The van der Waals surface area contributed by atoms with Crippen molar-refractivity contribution < 1.29 is 4.79 Å². The highest BCUT2D eigenvalue weighted by Gasteiger charge is 2.32. The number of nitrogens with zero attached hydrogens (tertiary/aromatic N) is 2. The lowest BCUT2D eigenvalue weighted by Gasteiger charge is -2.24. The van der Waals surface area contributed by atoms with Crippen molar-refractivity contribution in [2.24, 2.45) is 0 Å². The predicted molar refractivity (Wildman–Crippen MR) is 99.6 cm³/mol. The van der Waals surface area contributed by atoms with Gasteiger partial charge in [0, 0.05) is 17.6 Å². The molecule has 1 fully saturated rings. The van der Waals surface area contributed by atoms with Gasteiger partial charge in [-0.15, -0.1) is 0 Å². The topological polar surface area (TPSA) is 49.0 Å². The van der Waals surface area contributed by atoms with Gasteiger partial charge in [-0.05, 0) is 52.7 Å². The van der Waals surface area contributed by atoms with Crippen LogP contribution in [0, 0.1) is 0 Å². The third kappa shape index (κ3) is 3.38. The Morgan fingerprint density at radius 2 is 2.21 bits per heavy atom. The Morgan fingerprint density at radius 3 is 2.88 bits per heavy atom. The number of H-pyrrole nitrogens is 1. The number of carbonyl (C=O) groups is 1. The summed E-state index contributed by atoms with van der Waals surface area (Å²) in [6.07, 6.45) is 2.79. The largest absolute Gasteiger partial charge is 0.334 e. The van der Waals surface area contributed by atoms with Crippen LogP contribution >= 0.6 is 27.5 Å². The number of aromatic amines is 1. The van der Waals surface area contributed by atoms with Gasteiger partial charge in [0.2, 0.25) is 0 Å². The highest BCUT2D eigenvalue weighted by molar-refractivity contribution is 9.10. The fourth-order valence-corrected chi connectivity index (χ4v) is 4.25. The number of benzene rings is 1. The fraction of sp³-hybridized carbons (Fsp3) is 0.444. The highest BCUT2D eigenvalue weighted by atomic mass is 79.9. The first-order chi connectivity index (χ1) is 11.5. The van der Waals surface area contributed by atoms with Crippen molar-refractivity contribution in [1.29, 1.82) is 0 Å². The summed E-state index contributed by atoms with van der Waals surface area (Å²) in [6, 6.07) is 8.02. The van der Waals surface area contributed by atoms with Crippen LogP contribution in [-0.4, -0.2) is 33.6 Å². The molecule has 2 aromatic rings. The number of likely N-dealkylation sites (tertiary alicyclic amines) is 1. The van der Waals surface area contributed by atoms with Gasteiger partial charge in [0.15, 0.2) is 5.69 Å². The van der Waals surface area contributed by atoms with Crippen LogP contribution in [0.3, 0.4) is 0 Å². The molecule has 0 bridgehead atoms. The summed E-state index contributed by atoms with van der Waals surface area (Å²) in [7, 11) is 0. The number of halogens is 2. The van der Waals surface area contributed by atoms with Gasteiger partial charge in [-0.1, -0.05) is 43.6 Å². The summed E-state index contributed by atoms with van der Waals surface area (Å²) in [6.45, 7) is 4.91. The molecule has 0 aliphatic carbocycles. The van der Waals surface area contributed by atoms with E-state index in [0.717, 1.165) is 46.6 Å². The molecule has 1 N–H and O–H groups in total. The van der Waals surface area contributed by atoms with Crippen molar-refractivity contribution >= 4 is 33.4 Å². The van der Waals surface area contributed by atoms with Crippen molar-refractivity contribution in [3.63, 3.8) is 0 Å². The van der Waals surface area contributed by atoms with E-state index in [1.54, 1.807) is 0 Å². The van der Waals surface area contributed by atoms with Crippen LogP contribution in [-0.2, 0) is 6.42 Å². The van der Waals surface area contributed by atoms with E-state index in [1.165, 1.54) is 0 Å². The van der Waals surface area contributed by atoms with Crippen LogP contribution in [0.15, 0.2) is 28.7 Å². The molecule has 2 heterocycles. The van der Waals surface area contributed by atoms with E-state index in [2.05, 4.69) is 40.0 Å². The van der Waals surface area contributed by atoms with Crippen LogP contribution in [0.4, 0.5) is 0 Å². The highest BCUT2D eigenvalue weighted by Crippen LogP contribution is 2.30. The normalized spacial score (nSPS) is 17.7. The number of hydrogen-bond acceptors (Lipinski definition) is 2. The summed E-state index contributed by atoms with van der Waals surface area (Å²) in [5.74, 6) is 0.269. The molecule has 1 aliphatic heterocycles. The molecule has 0 radical (unpaired) electrons. The maximum Gasteiger partial charge on any atom is 0.275 e. The van der Waals surface area contributed by atoms with Gasteiger partial charge >= 0.3 is 0 Å². The maximum absolute atomic E-state index is 13.0. The first kappa shape index (κ1) is 17.5. The van der Waals surface area contributed by atoms with Crippen molar-refractivity contribution in [2.45, 2.75) is 45.1 Å². The summed E-state index contributed by atoms with van der Waals surface area (Å²) in [5, 5.41) is 8.00. The fourth-order valence-electron chi connectivity index (χ4n) is 3.24. The lowest BCUT2D eigenvalue weighted by molar-refractivity contribution is 0.0729. The zero-order chi connectivity index (χ0) is 17.3. The van der Waals surface area contributed by atoms with Gasteiger partial charge in [0.25, 0.3) is 5.91 Å². The van der Waals surface area contributed by atoms with E-state index in [4.69, 9.17) is 11.6 Å². The second-order valence-corrected chi connectivity index (χ2v) is 7.74. The quantitative estimate of drug-likeness (QED) is 0.787. The van der Waals surface area contributed by atoms with Crippen molar-refractivity contribution in [3.05, 3.63) is 50.7 Å². The van der Waals surface area contributed by atoms with Gasteiger partial charge in [-0.3, -0.25) is 9.89 Å². The van der Waals surface area contributed by atoms with Crippen LogP contribution in [0.5, 0.6) is 0 Å². The number of hydrogen-bond donors (Lipinski definition) is 1. The lowest BCUT2D eigenvalue weighted by Crippen LogP contribution is -2.37. The minimum absolute atomic E-state index is 0.0143. The molecule has 1 unspecified atom stereocenters. The Balaban J connectivity index is 1.80. The summed E-state index contributed by atoms with van der Waals surface area (Å²) in [4.78, 5) is 14.9. The molecule has 1 aliphatic rings. The van der Waals surface area contributed by atoms with Gasteiger partial charge < -0.3 is 4.90 Å². The summed E-state index contributed by atoms with van der Waals surface area (Å²) in [5.41, 5.74) is 2.53. The first-order valence-corrected chi connectivity index (χ1v) is 9.44. The van der Waals surface area contributed by atoms with Gasteiger partial charge in [-0.25, -0.2) is 0 Å². The van der Waals surface area contributed by atoms with Crippen molar-refractivity contribution in [2.75, 3.05) is 6.54 Å². The first-order valence-electron chi connectivity index (χ1n) is 8.27. The number of carbonyl (C=O) groups excluding carboxylic acids is 1. The van der Waals surface area contributed by atoms with Gasteiger partial charge in [-0.2, -0.15) is 5.10 Å². The second-order valence-electron chi connectivity index (χ2n) is 6.54. The predicted octanol–water partition coefficient (Wildman–Crippen LogP) is 4.80. The number of amides is 1. The van der Waals surface area contributed by atoms with Crippen LogP contribution in [0.1, 0.15) is 54.4 Å². The summed E-state index contributed by atoms with van der Waals surface area (Å²) >= 11 is 9.82. The average Bonchev–Trinajstić information content (AvgIpc) is 3.15. The zero-order valence-corrected chi connectivity index (χ0v) is 16.2. The zero-order valence-electron chi connectivity index (χ0n) is 13.9. The van der Waals surface area contributed by atoms with E-state index < -0.39 is 0 Å². The smallest absolute Gasteiger partial charge is 0.275 e. The van der Waals surface area contributed by atoms with E-state index in [9.17, 15) is 4.79 Å². The average molecular weight is 411 g/mol. The Labute approximate surface area is 155 Å². The lowest BCUT2D eigenvalue weighted by atomic mass is 10.0. The summed E-state index contributed by atoms with van der Waals surface area (Å²) < 4.78 is 0.783.